The van der Waals surface area contributed by atoms with Gasteiger partial charge in [0.2, 0.25) is 0 Å². The monoisotopic (exact) mass is 338 g/mol. The number of carbonyl (C=O) groups is 1. The zero-order valence-electron chi connectivity index (χ0n) is 14.7. The van der Waals surface area contributed by atoms with Crippen LogP contribution in [0.2, 0.25) is 0 Å². The van der Waals surface area contributed by atoms with Crippen molar-refractivity contribution in [3.63, 3.8) is 0 Å². The predicted molar refractivity (Wildman–Crippen MR) is 99.9 cm³/mol. The molecule has 1 aromatic carbocycles. The first kappa shape index (κ1) is 16.4. The molecule has 4 nitrogen and oxygen atoms in total. The number of hydrogen-bond donors (Lipinski definition) is 0. The smallest absolute Gasteiger partial charge is 0.270 e. The number of amides is 1. The fourth-order valence-electron chi connectivity index (χ4n) is 4.37. The summed E-state index contributed by atoms with van der Waals surface area (Å²) in [5.41, 5.74) is 0.572. The number of fused-ring (bicyclic) bond motifs is 1. The van der Waals surface area contributed by atoms with Crippen molar-refractivity contribution in [1.29, 1.82) is 0 Å². The molecule has 4 rings (SSSR count). The van der Waals surface area contributed by atoms with Crippen LogP contribution in [-0.2, 0) is 6.54 Å². The normalized spacial score (nSPS) is 18.8. The molecule has 2 heterocycles. The van der Waals surface area contributed by atoms with Gasteiger partial charge in [-0.1, -0.05) is 37.5 Å². The van der Waals surface area contributed by atoms with E-state index in [1.54, 1.807) is 4.57 Å². The Labute approximate surface area is 148 Å². The quantitative estimate of drug-likeness (QED) is 0.854. The van der Waals surface area contributed by atoms with E-state index in [4.69, 9.17) is 0 Å². The molecular weight excluding hydrogens is 312 g/mol. The molecule has 2 aromatic rings. The third-order valence-corrected chi connectivity index (χ3v) is 5.80. The highest BCUT2D eigenvalue weighted by molar-refractivity contribution is 5.96. The van der Waals surface area contributed by atoms with Crippen LogP contribution < -0.4 is 5.56 Å². The summed E-state index contributed by atoms with van der Waals surface area (Å²) in [6.07, 6.45) is 8.22. The second-order valence-electron chi connectivity index (χ2n) is 7.54. The van der Waals surface area contributed by atoms with Crippen molar-refractivity contribution < 1.29 is 4.79 Å². The molecule has 2 fully saturated rings. The minimum absolute atomic E-state index is 0.00813. The molecule has 132 valence electrons. The van der Waals surface area contributed by atoms with Gasteiger partial charge in [-0.05, 0) is 49.1 Å². The van der Waals surface area contributed by atoms with Gasteiger partial charge < -0.3 is 9.47 Å². The summed E-state index contributed by atoms with van der Waals surface area (Å²) < 4.78 is 1.78. The first-order valence-electron chi connectivity index (χ1n) is 9.66. The Bertz CT molecular complexity index is 827. The molecule has 1 amide bonds. The van der Waals surface area contributed by atoms with Gasteiger partial charge in [-0.15, -0.1) is 0 Å². The van der Waals surface area contributed by atoms with Gasteiger partial charge in [0.05, 0.1) is 0 Å². The maximum atomic E-state index is 13.1. The van der Waals surface area contributed by atoms with E-state index in [2.05, 4.69) is 0 Å². The minimum atomic E-state index is -0.00813. The molecule has 0 N–H and O–H groups in total. The SMILES string of the molecule is O=C(c1cc2ccccc2c(=O)n1CC1CCCCC1)N1CCCC1. The van der Waals surface area contributed by atoms with Crippen molar-refractivity contribution >= 4 is 16.7 Å². The molecule has 4 heteroatoms. The van der Waals surface area contributed by atoms with Crippen LogP contribution in [0.4, 0.5) is 0 Å². The molecule has 1 aliphatic heterocycles. The Kier molecular flexibility index (Phi) is 4.60. The first-order valence-corrected chi connectivity index (χ1v) is 9.66. The molecule has 25 heavy (non-hydrogen) atoms. The summed E-state index contributed by atoms with van der Waals surface area (Å²) in [7, 11) is 0. The van der Waals surface area contributed by atoms with Gasteiger partial charge in [0, 0.05) is 25.0 Å². The third kappa shape index (κ3) is 3.22. The highest BCUT2D eigenvalue weighted by atomic mass is 16.2. The van der Waals surface area contributed by atoms with E-state index in [1.807, 2.05) is 35.2 Å². The van der Waals surface area contributed by atoms with E-state index >= 15 is 0 Å². The van der Waals surface area contributed by atoms with Crippen LogP contribution in [0.5, 0.6) is 0 Å². The van der Waals surface area contributed by atoms with Crippen molar-refractivity contribution in [3.05, 3.63) is 46.4 Å². The van der Waals surface area contributed by atoms with E-state index in [1.165, 1.54) is 19.3 Å². The molecular formula is C21H26N2O2. The van der Waals surface area contributed by atoms with Gasteiger partial charge >= 0.3 is 0 Å². The second-order valence-corrected chi connectivity index (χ2v) is 7.54. The van der Waals surface area contributed by atoms with Gasteiger partial charge in [-0.2, -0.15) is 0 Å². The highest BCUT2D eigenvalue weighted by Crippen LogP contribution is 2.26. The molecule has 1 saturated heterocycles. The Hall–Kier alpha value is -2.10. The van der Waals surface area contributed by atoms with E-state index in [9.17, 15) is 9.59 Å². The first-order chi connectivity index (χ1) is 12.2. The third-order valence-electron chi connectivity index (χ3n) is 5.80. The Morgan fingerprint density at radius 2 is 1.72 bits per heavy atom. The van der Waals surface area contributed by atoms with E-state index < -0.39 is 0 Å². The zero-order chi connectivity index (χ0) is 17.2. The molecule has 1 aliphatic carbocycles. The number of pyridine rings is 1. The number of hydrogen-bond acceptors (Lipinski definition) is 2. The maximum absolute atomic E-state index is 13.1. The van der Waals surface area contributed by atoms with E-state index in [0.717, 1.165) is 49.5 Å². The van der Waals surface area contributed by atoms with Crippen LogP contribution in [-0.4, -0.2) is 28.5 Å². The summed E-state index contributed by atoms with van der Waals surface area (Å²) in [6, 6.07) is 9.57. The van der Waals surface area contributed by atoms with Crippen molar-refractivity contribution in [1.82, 2.24) is 9.47 Å². The number of aromatic nitrogens is 1. The van der Waals surface area contributed by atoms with Gasteiger partial charge in [-0.25, -0.2) is 0 Å². The van der Waals surface area contributed by atoms with Crippen LogP contribution in [0, 0.1) is 5.92 Å². The fraction of sp³-hybridized carbons (Fsp3) is 0.524. The molecule has 0 atom stereocenters. The van der Waals surface area contributed by atoms with Crippen LogP contribution >= 0.6 is 0 Å². The lowest BCUT2D eigenvalue weighted by Crippen LogP contribution is -2.36. The lowest BCUT2D eigenvalue weighted by atomic mass is 9.89. The summed E-state index contributed by atoms with van der Waals surface area (Å²) in [6.45, 7) is 2.30. The largest absolute Gasteiger partial charge is 0.337 e. The molecule has 0 radical (unpaired) electrons. The lowest BCUT2D eigenvalue weighted by molar-refractivity contribution is 0.0778. The Balaban J connectivity index is 1.78. The molecule has 1 aromatic heterocycles. The van der Waals surface area contributed by atoms with Gasteiger partial charge in [0.25, 0.3) is 11.5 Å². The number of carbonyl (C=O) groups excluding carboxylic acids is 1. The number of rotatable bonds is 3. The average molecular weight is 338 g/mol. The predicted octanol–water partition coefficient (Wildman–Crippen LogP) is 3.82. The van der Waals surface area contributed by atoms with Crippen molar-refractivity contribution in [2.75, 3.05) is 13.1 Å². The van der Waals surface area contributed by atoms with Crippen molar-refractivity contribution in [3.8, 4) is 0 Å². The minimum Gasteiger partial charge on any atom is -0.337 e. The summed E-state index contributed by atoms with van der Waals surface area (Å²) in [4.78, 5) is 28.1. The maximum Gasteiger partial charge on any atom is 0.270 e. The van der Waals surface area contributed by atoms with E-state index in [-0.39, 0.29) is 11.5 Å². The van der Waals surface area contributed by atoms with Crippen molar-refractivity contribution in [2.24, 2.45) is 5.92 Å². The van der Waals surface area contributed by atoms with Gasteiger partial charge in [-0.3, -0.25) is 9.59 Å². The summed E-state index contributed by atoms with van der Waals surface area (Å²) in [5, 5.41) is 1.59. The standard InChI is InChI=1S/C21H26N2O2/c24-20-18-11-5-4-10-17(18)14-19(21(25)22-12-6-7-13-22)23(20)15-16-8-2-1-3-9-16/h4-5,10-11,14,16H,1-3,6-9,12-13,15H2. The van der Waals surface area contributed by atoms with Crippen LogP contribution in [0.25, 0.3) is 10.8 Å². The molecule has 1 saturated carbocycles. The fourth-order valence-corrected chi connectivity index (χ4v) is 4.37. The number of nitrogens with zero attached hydrogens (tertiary/aromatic N) is 2. The average Bonchev–Trinajstić information content (AvgIpc) is 3.19. The number of likely N-dealkylation sites (tertiary alicyclic amines) is 1. The summed E-state index contributed by atoms with van der Waals surface area (Å²) >= 11 is 0. The zero-order valence-corrected chi connectivity index (χ0v) is 14.7. The molecule has 2 aliphatic rings. The van der Waals surface area contributed by atoms with Crippen LogP contribution in [0.1, 0.15) is 55.4 Å². The lowest BCUT2D eigenvalue weighted by Gasteiger charge is -2.25. The second kappa shape index (κ2) is 7.03. The topological polar surface area (TPSA) is 42.3 Å². The molecule has 0 spiro atoms. The van der Waals surface area contributed by atoms with Gasteiger partial charge in [0.15, 0.2) is 0 Å². The van der Waals surface area contributed by atoms with E-state index in [0.29, 0.717) is 18.2 Å². The summed E-state index contributed by atoms with van der Waals surface area (Å²) in [5.74, 6) is 0.536. The van der Waals surface area contributed by atoms with Gasteiger partial charge in [0.1, 0.15) is 5.69 Å². The van der Waals surface area contributed by atoms with Crippen LogP contribution in [0.15, 0.2) is 35.1 Å². The van der Waals surface area contributed by atoms with Crippen molar-refractivity contribution in [2.45, 2.75) is 51.5 Å². The van der Waals surface area contributed by atoms with Crippen LogP contribution in [0.3, 0.4) is 0 Å². The Morgan fingerprint density at radius 1 is 1.00 bits per heavy atom. The molecule has 0 bridgehead atoms. The number of benzene rings is 1. The Morgan fingerprint density at radius 3 is 2.48 bits per heavy atom. The molecule has 0 unspecified atom stereocenters. The highest BCUT2D eigenvalue weighted by Gasteiger charge is 2.25.